The van der Waals surface area contributed by atoms with Crippen molar-refractivity contribution in [2.45, 2.75) is 13.8 Å². The molecule has 0 aliphatic heterocycles. The molecule has 0 unspecified atom stereocenters. The summed E-state index contributed by atoms with van der Waals surface area (Å²) in [6, 6.07) is 8.33. The van der Waals surface area contributed by atoms with Gasteiger partial charge in [0.05, 0.1) is 11.3 Å². The molecule has 0 N–H and O–H groups in total. The van der Waals surface area contributed by atoms with Crippen LogP contribution in [0.4, 0.5) is 0 Å². The largest absolute Gasteiger partial charge is 0.871 e. The van der Waals surface area contributed by atoms with E-state index in [1.165, 1.54) is 17.4 Å². The van der Waals surface area contributed by atoms with E-state index < -0.39 is 11.7 Å². The van der Waals surface area contributed by atoms with Crippen molar-refractivity contribution < 1.29 is 14.7 Å². The summed E-state index contributed by atoms with van der Waals surface area (Å²) in [6.07, 6.45) is 1.17. The summed E-state index contributed by atoms with van der Waals surface area (Å²) in [6.45, 7) is 3.63. The van der Waals surface area contributed by atoms with E-state index in [1.807, 2.05) is 6.92 Å². The fraction of sp³-hybridized carbons (Fsp3) is 0.133. The Balaban J connectivity index is 2.66. The Morgan fingerprint density at radius 3 is 2.48 bits per heavy atom. The van der Waals surface area contributed by atoms with Crippen LogP contribution in [0.2, 0.25) is 0 Å². The average Bonchev–Trinajstić information content (AvgIpc) is 2.79. The van der Waals surface area contributed by atoms with Gasteiger partial charge in [-0.2, -0.15) is 0 Å². The van der Waals surface area contributed by atoms with Crippen LogP contribution in [0.1, 0.15) is 21.1 Å². The van der Waals surface area contributed by atoms with Gasteiger partial charge in [0.2, 0.25) is 6.08 Å². The van der Waals surface area contributed by atoms with Gasteiger partial charge in [0.25, 0.3) is 5.91 Å². The third kappa shape index (κ3) is 3.13. The molecular weight excluding hydrogens is 288 g/mol. The molecule has 0 bridgehead atoms. The molecule has 6 heteroatoms. The first kappa shape index (κ1) is 14.8. The highest BCUT2D eigenvalue weighted by molar-refractivity contribution is 7.13. The standard InChI is InChI=1S/C15H12N2O3S/c1-9-10(2)21-15(17-9)12(14(20)16-8-18)13(19)11-6-4-3-5-7-11/h3-7,19H,1-2H3/p-1/b13-12+. The van der Waals surface area contributed by atoms with Gasteiger partial charge >= 0.3 is 0 Å². The number of hydrogen-bond acceptors (Lipinski definition) is 5. The van der Waals surface area contributed by atoms with Crippen molar-refractivity contribution in [1.82, 2.24) is 4.98 Å². The lowest BCUT2D eigenvalue weighted by molar-refractivity contribution is -0.242. The molecule has 0 saturated carbocycles. The Labute approximate surface area is 125 Å². The number of aliphatic imine (C=N–C) groups is 1. The number of aryl methyl sites for hydroxylation is 2. The van der Waals surface area contributed by atoms with Gasteiger partial charge in [-0.3, -0.25) is 4.79 Å². The molecule has 0 spiro atoms. The lowest BCUT2D eigenvalue weighted by Gasteiger charge is -2.15. The summed E-state index contributed by atoms with van der Waals surface area (Å²) in [4.78, 5) is 30.4. The number of nitrogens with zero attached hydrogens (tertiary/aromatic N) is 2. The summed E-state index contributed by atoms with van der Waals surface area (Å²) < 4.78 is 0. The van der Waals surface area contributed by atoms with Crippen LogP contribution < -0.4 is 5.11 Å². The zero-order valence-corrected chi connectivity index (χ0v) is 12.2. The van der Waals surface area contributed by atoms with E-state index in [4.69, 9.17) is 0 Å². The van der Waals surface area contributed by atoms with Gasteiger partial charge in [-0.1, -0.05) is 36.1 Å². The first-order chi connectivity index (χ1) is 10.0. The second-order valence-corrected chi connectivity index (χ2v) is 5.44. The third-order valence-electron chi connectivity index (χ3n) is 2.87. The highest BCUT2D eigenvalue weighted by atomic mass is 32.1. The quantitative estimate of drug-likeness (QED) is 0.375. The Bertz CT molecular complexity index is 737. The lowest BCUT2D eigenvalue weighted by atomic mass is 10.1. The highest BCUT2D eigenvalue weighted by Crippen LogP contribution is 2.29. The maximum absolute atomic E-state index is 12.5. The van der Waals surface area contributed by atoms with Gasteiger partial charge in [0.15, 0.2) is 0 Å². The van der Waals surface area contributed by atoms with Crippen molar-refractivity contribution in [2.75, 3.05) is 0 Å². The Hall–Kier alpha value is -2.56. The molecule has 1 amide bonds. The molecule has 1 aromatic carbocycles. The minimum absolute atomic E-state index is 0.203. The SMILES string of the molecule is Cc1nc(/C(C(=O)N=C=O)=C(/[O-])c2ccccc2)sc1C. The number of amides is 1. The molecule has 0 radical (unpaired) electrons. The number of carbonyl (C=O) groups excluding carboxylic acids is 2. The average molecular weight is 299 g/mol. The van der Waals surface area contributed by atoms with Crippen LogP contribution in [0.25, 0.3) is 11.3 Å². The van der Waals surface area contributed by atoms with Crippen LogP contribution in [-0.2, 0) is 9.59 Å². The van der Waals surface area contributed by atoms with E-state index in [9.17, 15) is 14.7 Å². The van der Waals surface area contributed by atoms with E-state index in [0.717, 1.165) is 10.6 Å². The van der Waals surface area contributed by atoms with Gasteiger partial charge in [-0.15, -0.1) is 16.3 Å². The topological polar surface area (TPSA) is 82.5 Å². The smallest absolute Gasteiger partial charge is 0.290 e. The van der Waals surface area contributed by atoms with Crippen LogP contribution in [0.15, 0.2) is 35.3 Å². The van der Waals surface area contributed by atoms with Gasteiger partial charge in [-0.25, -0.2) is 9.78 Å². The Morgan fingerprint density at radius 1 is 1.29 bits per heavy atom. The van der Waals surface area contributed by atoms with Gasteiger partial charge in [0.1, 0.15) is 5.01 Å². The van der Waals surface area contributed by atoms with Crippen molar-refractivity contribution in [1.29, 1.82) is 0 Å². The fourth-order valence-electron chi connectivity index (χ4n) is 1.70. The molecule has 1 heterocycles. The molecule has 21 heavy (non-hydrogen) atoms. The summed E-state index contributed by atoms with van der Waals surface area (Å²) in [7, 11) is 0. The van der Waals surface area contributed by atoms with Gasteiger partial charge < -0.3 is 5.11 Å². The molecule has 106 valence electrons. The van der Waals surface area contributed by atoms with Crippen molar-refractivity contribution in [3.8, 4) is 0 Å². The molecule has 0 aliphatic carbocycles. The number of benzene rings is 1. The maximum atomic E-state index is 12.5. The van der Waals surface area contributed by atoms with Crippen molar-refractivity contribution in [2.24, 2.45) is 4.99 Å². The number of carbonyl (C=O) groups is 1. The maximum Gasteiger partial charge on any atom is 0.290 e. The Morgan fingerprint density at radius 2 is 1.95 bits per heavy atom. The first-order valence-electron chi connectivity index (χ1n) is 6.08. The van der Waals surface area contributed by atoms with Crippen molar-refractivity contribution >= 4 is 34.7 Å². The monoisotopic (exact) mass is 299 g/mol. The van der Waals surface area contributed by atoms with Crippen LogP contribution in [0.3, 0.4) is 0 Å². The van der Waals surface area contributed by atoms with Gasteiger partial charge in [0, 0.05) is 4.88 Å². The first-order valence-corrected chi connectivity index (χ1v) is 6.89. The zero-order chi connectivity index (χ0) is 15.4. The second kappa shape index (κ2) is 6.26. The minimum atomic E-state index is -0.924. The zero-order valence-electron chi connectivity index (χ0n) is 11.4. The predicted molar refractivity (Wildman–Crippen MR) is 78.0 cm³/mol. The predicted octanol–water partition coefficient (Wildman–Crippen LogP) is 1.85. The molecule has 0 atom stereocenters. The molecule has 0 aliphatic rings. The van der Waals surface area contributed by atoms with E-state index in [1.54, 1.807) is 37.3 Å². The van der Waals surface area contributed by atoms with Gasteiger partial charge in [-0.05, 0) is 19.4 Å². The number of thiazole rings is 1. The third-order valence-corrected chi connectivity index (χ3v) is 3.96. The summed E-state index contributed by atoms with van der Waals surface area (Å²) >= 11 is 1.22. The number of hydrogen-bond donors (Lipinski definition) is 0. The molecule has 0 saturated heterocycles. The summed E-state index contributed by atoms with van der Waals surface area (Å²) in [5.74, 6) is -1.43. The van der Waals surface area contributed by atoms with E-state index in [-0.39, 0.29) is 10.6 Å². The molecule has 2 rings (SSSR count). The number of isocyanates is 1. The number of rotatable bonds is 3. The molecule has 2 aromatic rings. The van der Waals surface area contributed by atoms with E-state index in [0.29, 0.717) is 5.56 Å². The van der Waals surface area contributed by atoms with Crippen LogP contribution in [0, 0.1) is 13.8 Å². The van der Waals surface area contributed by atoms with E-state index >= 15 is 0 Å². The molecular formula is C15H11N2O3S-. The van der Waals surface area contributed by atoms with E-state index in [2.05, 4.69) is 9.98 Å². The van der Waals surface area contributed by atoms with Crippen molar-refractivity contribution in [3.05, 3.63) is 51.5 Å². The molecule has 1 aromatic heterocycles. The second-order valence-electron chi connectivity index (χ2n) is 4.24. The van der Waals surface area contributed by atoms with Crippen LogP contribution in [0.5, 0.6) is 0 Å². The van der Waals surface area contributed by atoms with Crippen LogP contribution in [-0.4, -0.2) is 17.0 Å². The normalized spacial score (nSPS) is 11.5. The highest BCUT2D eigenvalue weighted by Gasteiger charge is 2.18. The van der Waals surface area contributed by atoms with Crippen molar-refractivity contribution in [3.63, 3.8) is 0 Å². The minimum Gasteiger partial charge on any atom is -0.871 e. The fourth-order valence-corrected chi connectivity index (χ4v) is 2.64. The summed E-state index contributed by atoms with van der Waals surface area (Å²) in [5, 5.41) is 12.8. The molecule has 5 nitrogen and oxygen atoms in total. The van der Waals surface area contributed by atoms with Crippen LogP contribution >= 0.6 is 11.3 Å². The molecule has 0 fully saturated rings. The number of aromatic nitrogens is 1. The Kier molecular flexibility index (Phi) is 4.42. The lowest BCUT2D eigenvalue weighted by Crippen LogP contribution is -2.11. The summed E-state index contributed by atoms with van der Waals surface area (Å²) in [5.41, 5.74) is 0.870.